The second-order valence-corrected chi connectivity index (χ2v) is 4.70. The van der Waals surface area contributed by atoms with Gasteiger partial charge in [0.15, 0.2) is 5.82 Å². The Bertz CT molecular complexity index is 526. The molecule has 0 unspecified atom stereocenters. The predicted molar refractivity (Wildman–Crippen MR) is 78.7 cm³/mol. The van der Waals surface area contributed by atoms with Gasteiger partial charge in [-0.2, -0.15) is 0 Å². The predicted octanol–water partition coefficient (Wildman–Crippen LogP) is 3.90. The van der Waals surface area contributed by atoms with Crippen LogP contribution in [0.3, 0.4) is 0 Å². The summed E-state index contributed by atoms with van der Waals surface area (Å²) >= 11 is 3.56. The van der Waals surface area contributed by atoms with Gasteiger partial charge in [-0.25, -0.2) is 9.97 Å². The van der Waals surface area contributed by atoms with Crippen molar-refractivity contribution in [1.82, 2.24) is 9.97 Å². The summed E-state index contributed by atoms with van der Waals surface area (Å²) in [7, 11) is 0. The summed E-state index contributed by atoms with van der Waals surface area (Å²) in [6.45, 7) is 4.99. The maximum absolute atomic E-state index is 4.61. The highest BCUT2D eigenvalue weighted by atomic mass is 79.9. The first-order chi connectivity index (χ1) is 8.76. The molecule has 0 amide bonds. The number of aromatic nitrogens is 2. The van der Waals surface area contributed by atoms with Gasteiger partial charge in [0.25, 0.3) is 0 Å². The number of nitrogens with one attached hydrogen (secondary N) is 1. The number of rotatable bonds is 4. The zero-order valence-corrected chi connectivity index (χ0v) is 12.2. The molecule has 0 fully saturated rings. The number of hydrogen-bond acceptors (Lipinski definition) is 3. The van der Waals surface area contributed by atoms with Gasteiger partial charge in [-0.05, 0) is 29.3 Å². The summed E-state index contributed by atoms with van der Waals surface area (Å²) in [6, 6.07) is 10.0. The fraction of sp³-hybridized carbons (Fsp3) is 0.286. The molecule has 1 heterocycles. The third-order valence-electron chi connectivity index (χ3n) is 2.63. The Labute approximate surface area is 116 Å². The van der Waals surface area contributed by atoms with E-state index in [0.29, 0.717) is 0 Å². The number of aryl methyl sites for hydroxylation is 1. The second-order valence-electron chi connectivity index (χ2n) is 3.91. The molecule has 4 heteroatoms. The first-order valence-corrected chi connectivity index (χ1v) is 6.91. The van der Waals surface area contributed by atoms with Crippen LogP contribution in [-0.4, -0.2) is 16.5 Å². The fourth-order valence-electron chi connectivity index (χ4n) is 1.73. The van der Waals surface area contributed by atoms with Crippen molar-refractivity contribution in [2.45, 2.75) is 20.3 Å². The molecule has 0 aliphatic rings. The number of anilines is 1. The van der Waals surface area contributed by atoms with Crippen LogP contribution in [0, 0.1) is 0 Å². The van der Waals surface area contributed by atoms with Crippen molar-refractivity contribution in [3.05, 3.63) is 40.5 Å². The van der Waals surface area contributed by atoms with Crippen molar-refractivity contribution in [3.8, 4) is 11.4 Å². The summed E-state index contributed by atoms with van der Waals surface area (Å²) in [6.07, 6.45) is 0.876. The average Bonchev–Trinajstić information content (AvgIpc) is 2.42. The highest BCUT2D eigenvalue weighted by Crippen LogP contribution is 2.27. The summed E-state index contributed by atoms with van der Waals surface area (Å²) in [4.78, 5) is 9.18. The Morgan fingerprint density at radius 1 is 1.11 bits per heavy atom. The highest BCUT2D eigenvalue weighted by Gasteiger charge is 2.11. The van der Waals surface area contributed by atoms with Crippen LogP contribution in [0.25, 0.3) is 11.4 Å². The molecule has 0 radical (unpaired) electrons. The highest BCUT2D eigenvalue weighted by molar-refractivity contribution is 9.10. The lowest BCUT2D eigenvalue weighted by atomic mass is 10.2. The minimum atomic E-state index is 0.770. The molecule has 3 nitrogen and oxygen atoms in total. The molecule has 1 N–H and O–H groups in total. The molecule has 0 saturated heterocycles. The molecule has 2 aromatic rings. The molecule has 0 spiro atoms. The van der Waals surface area contributed by atoms with Crippen molar-refractivity contribution in [2.75, 3.05) is 11.9 Å². The molecule has 18 heavy (non-hydrogen) atoms. The first-order valence-electron chi connectivity index (χ1n) is 6.12. The van der Waals surface area contributed by atoms with Gasteiger partial charge in [0, 0.05) is 12.1 Å². The molecular formula is C14H16BrN3. The zero-order chi connectivity index (χ0) is 13.0. The second kappa shape index (κ2) is 5.96. The molecule has 0 aliphatic heterocycles. The topological polar surface area (TPSA) is 37.8 Å². The SMILES string of the molecule is CCNc1nc(-c2ccccc2)nc(CC)c1Br. The van der Waals surface area contributed by atoms with E-state index in [4.69, 9.17) is 0 Å². The average molecular weight is 306 g/mol. The van der Waals surface area contributed by atoms with Gasteiger partial charge in [-0.15, -0.1) is 0 Å². The molecule has 0 saturated carbocycles. The molecule has 94 valence electrons. The van der Waals surface area contributed by atoms with Crippen LogP contribution < -0.4 is 5.32 Å². The molecule has 0 aliphatic carbocycles. The van der Waals surface area contributed by atoms with Crippen molar-refractivity contribution >= 4 is 21.7 Å². The van der Waals surface area contributed by atoms with E-state index in [9.17, 15) is 0 Å². The molecule has 0 bridgehead atoms. The van der Waals surface area contributed by atoms with Crippen LogP contribution in [-0.2, 0) is 6.42 Å². The Hall–Kier alpha value is -1.42. The summed E-state index contributed by atoms with van der Waals surface area (Å²) in [5.74, 6) is 1.63. The summed E-state index contributed by atoms with van der Waals surface area (Å²) in [5.41, 5.74) is 2.07. The van der Waals surface area contributed by atoms with E-state index in [1.54, 1.807) is 0 Å². The van der Waals surface area contributed by atoms with E-state index < -0.39 is 0 Å². The molecular weight excluding hydrogens is 290 g/mol. The number of benzene rings is 1. The van der Waals surface area contributed by atoms with E-state index in [1.165, 1.54) is 0 Å². The van der Waals surface area contributed by atoms with E-state index in [1.807, 2.05) is 30.3 Å². The monoisotopic (exact) mass is 305 g/mol. The lowest BCUT2D eigenvalue weighted by molar-refractivity contribution is 0.984. The van der Waals surface area contributed by atoms with E-state index in [0.717, 1.165) is 40.3 Å². The summed E-state index contributed by atoms with van der Waals surface area (Å²) < 4.78 is 0.964. The third-order valence-corrected chi connectivity index (χ3v) is 3.46. The van der Waals surface area contributed by atoms with Crippen LogP contribution in [0.4, 0.5) is 5.82 Å². The van der Waals surface area contributed by atoms with E-state index in [2.05, 4.69) is 45.1 Å². The lowest BCUT2D eigenvalue weighted by Gasteiger charge is -2.11. The fourth-order valence-corrected chi connectivity index (χ4v) is 2.33. The van der Waals surface area contributed by atoms with Gasteiger partial charge in [0.05, 0.1) is 10.2 Å². The standard InChI is InChI=1S/C14H16BrN3/c1-3-11-12(15)14(16-4-2)18-13(17-11)10-8-6-5-7-9-10/h5-9H,3-4H2,1-2H3,(H,16,17,18). The van der Waals surface area contributed by atoms with Crippen molar-refractivity contribution in [1.29, 1.82) is 0 Å². The van der Waals surface area contributed by atoms with Crippen molar-refractivity contribution in [2.24, 2.45) is 0 Å². The zero-order valence-electron chi connectivity index (χ0n) is 10.6. The van der Waals surface area contributed by atoms with Crippen LogP contribution in [0.5, 0.6) is 0 Å². The Morgan fingerprint density at radius 2 is 1.83 bits per heavy atom. The quantitative estimate of drug-likeness (QED) is 0.931. The smallest absolute Gasteiger partial charge is 0.161 e. The molecule has 0 atom stereocenters. The van der Waals surface area contributed by atoms with Crippen LogP contribution in [0.15, 0.2) is 34.8 Å². The van der Waals surface area contributed by atoms with Crippen LogP contribution in [0.2, 0.25) is 0 Å². The Kier molecular flexibility index (Phi) is 4.31. The van der Waals surface area contributed by atoms with Gasteiger partial charge in [-0.1, -0.05) is 37.3 Å². The maximum Gasteiger partial charge on any atom is 0.161 e. The van der Waals surface area contributed by atoms with Gasteiger partial charge in [0.2, 0.25) is 0 Å². The Balaban J connectivity index is 2.52. The lowest BCUT2D eigenvalue weighted by Crippen LogP contribution is -2.05. The number of hydrogen-bond donors (Lipinski definition) is 1. The maximum atomic E-state index is 4.61. The van der Waals surface area contributed by atoms with E-state index >= 15 is 0 Å². The molecule has 1 aromatic heterocycles. The van der Waals surface area contributed by atoms with Gasteiger partial charge in [-0.3, -0.25) is 0 Å². The largest absolute Gasteiger partial charge is 0.369 e. The third kappa shape index (κ3) is 2.70. The van der Waals surface area contributed by atoms with Gasteiger partial charge >= 0.3 is 0 Å². The van der Waals surface area contributed by atoms with Gasteiger partial charge in [0.1, 0.15) is 5.82 Å². The number of nitrogens with zero attached hydrogens (tertiary/aromatic N) is 2. The molecule has 2 rings (SSSR count). The minimum absolute atomic E-state index is 0.770. The first kappa shape index (κ1) is 13.0. The van der Waals surface area contributed by atoms with Crippen molar-refractivity contribution < 1.29 is 0 Å². The van der Waals surface area contributed by atoms with Crippen LogP contribution >= 0.6 is 15.9 Å². The number of halogens is 1. The summed E-state index contributed by atoms with van der Waals surface area (Å²) in [5, 5.41) is 3.26. The Morgan fingerprint density at radius 3 is 2.44 bits per heavy atom. The van der Waals surface area contributed by atoms with Crippen molar-refractivity contribution in [3.63, 3.8) is 0 Å². The van der Waals surface area contributed by atoms with Gasteiger partial charge < -0.3 is 5.32 Å². The van der Waals surface area contributed by atoms with Crippen LogP contribution in [0.1, 0.15) is 19.5 Å². The minimum Gasteiger partial charge on any atom is -0.369 e. The normalized spacial score (nSPS) is 10.4. The van der Waals surface area contributed by atoms with E-state index in [-0.39, 0.29) is 0 Å². The molecule has 1 aromatic carbocycles.